The summed E-state index contributed by atoms with van der Waals surface area (Å²) in [5, 5.41) is 20.1. The Morgan fingerprint density at radius 2 is 0.885 bits per heavy atom. The van der Waals surface area contributed by atoms with Crippen LogP contribution in [0.3, 0.4) is 0 Å². The molecule has 0 aliphatic carbocycles. The summed E-state index contributed by atoms with van der Waals surface area (Å²) in [6, 6.07) is 17.4. The van der Waals surface area contributed by atoms with Gasteiger partial charge in [-0.3, -0.25) is 9.59 Å². The van der Waals surface area contributed by atoms with Crippen LogP contribution in [0.2, 0.25) is 0 Å². The summed E-state index contributed by atoms with van der Waals surface area (Å²) in [6.07, 6.45) is -0.188. The van der Waals surface area contributed by atoms with Gasteiger partial charge in [0, 0.05) is 12.8 Å². The Hall–Kier alpha value is -2.06. The van der Waals surface area contributed by atoms with Crippen LogP contribution in [0, 0.1) is 0 Å². The molecule has 0 heterocycles. The standard InChI is InChI=1S/2C9H8O3.Ca.H2O/c2*10-8(9(11)12)6-7-4-2-1-3-5-7;;/h2*1-5H,6H2,(H,11,12);;1H2/q;;+2;/p-2. The molecule has 2 N–H and O–H groups in total. The van der Waals surface area contributed by atoms with E-state index in [1.54, 1.807) is 60.7 Å². The predicted octanol–water partition coefficient (Wildman–Crippen LogP) is -2.11. The van der Waals surface area contributed by atoms with Crippen molar-refractivity contribution in [2.45, 2.75) is 12.8 Å². The van der Waals surface area contributed by atoms with Gasteiger partial charge in [-0.05, 0) is 11.1 Å². The van der Waals surface area contributed by atoms with Crippen molar-refractivity contribution in [2.75, 3.05) is 0 Å². The van der Waals surface area contributed by atoms with E-state index in [4.69, 9.17) is 0 Å². The van der Waals surface area contributed by atoms with E-state index in [2.05, 4.69) is 0 Å². The number of aliphatic carboxylic acids is 2. The Morgan fingerprint density at radius 1 is 0.615 bits per heavy atom. The number of hydrogen-bond donors (Lipinski definition) is 0. The van der Waals surface area contributed by atoms with Crippen molar-refractivity contribution in [3.05, 3.63) is 71.8 Å². The number of carboxylic acids is 2. The molecule has 0 saturated heterocycles. The van der Waals surface area contributed by atoms with Crippen molar-refractivity contribution in [3.63, 3.8) is 0 Å². The van der Waals surface area contributed by atoms with Crippen LogP contribution in [0.25, 0.3) is 0 Å². The molecule has 0 aliphatic heterocycles. The van der Waals surface area contributed by atoms with E-state index < -0.39 is 23.5 Å². The Kier molecular flexibility index (Phi) is 14.2. The Labute approximate surface area is 180 Å². The van der Waals surface area contributed by atoms with Gasteiger partial charge in [-0.25, -0.2) is 0 Å². The van der Waals surface area contributed by atoms with Crippen molar-refractivity contribution in [2.24, 2.45) is 0 Å². The molecule has 0 bridgehead atoms. The summed E-state index contributed by atoms with van der Waals surface area (Å²) in [5.74, 6) is -5.03. The van der Waals surface area contributed by atoms with Crippen molar-refractivity contribution >= 4 is 61.2 Å². The molecule has 0 saturated carbocycles. The second kappa shape index (κ2) is 14.1. The van der Waals surface area contributed by atoms with Gasteiger partial charge in [0.2, 0.25) is 0 Å². The van der Waals surface area contributed by atoms with E-state index in [1.807, 2.05) is 0 Å². The van der Waals surface area contributed by atoms with Gasteiger partial charge in [-0.2, -0.15) is 0 Å². The fraction of sp³-hybridized carbons (Fsp3) is 0.111. The predicted molar refractivity (Wildman–Crippen MR) is 89.7 cm³/mol. The van der Waals surface area contributed by atoms with E-state index in [0.29, 0.717) is 11.1 Å². The van der Waals surface area contributed by atoms with Crippen LogP contribution >= 0.6 is 0 Å². The van der Waals surface area contributed by atoms with Gasteiger partial charge in [-0.15, -0.1) is 0 Å². The molecule has 0 unspecified atom stereocenters. The summed E-state index contributed by atoms with van der Waals surface area (Å²) in [6.45, 7) is 0. The van der Waals surface area contributed by atoms with Crippen molar-refractivity contribution in [1.82, 2.24) is 0 Å². The van der Waals surface area contributed by atoms with Gasteiger partial charge in [0.1, 0.15) is 11.9 Å². The average molecular weight is 384 g/mol. The molecule has 0 amide bonds. The topological polar surface area (TPSA) is 146 Å². The first-order valence-electron chi connectivity index (χ1n) is 6.96. The van der Waals surface area contributed by atoms with Gasteiger partial charge in [0.25, 0.3) is 0 Å². The number of carboxylic acid groups (broad SMARTS) is 2. The van der Waals surface area contributed by atoms with E-state index in [0.717, 1.165) is 0 Å². The zero-order chi connectivity index (χ0) is 17.9. The SMILES string of the molecule is O.O=C([O-])C(=O)Cc1ccccc1.O=C([O-])C(=O)Cc1ccccc1.[Ca+2]. The monoisotopic (exact) mass is 384 g/mol. The van der Waals surface area contributed by atoms with E-state index in [9.17, 15) is 29.4 Å². The number of carbonyl (C=O) groups excluding carboxylic acids is 4. The molecule has 2 aromatic carbocycles. The van der Waals surface area contributed by atoms with E-state index >= 15 is 0 Å². The third-order valence-corrected chi connectivity index (χ3v) is 2.87. The zero-order valence-electron chi connectivity index (χ0n) is 13.8. The summed E-state index contributed by atoms with van der Waals surface area (Å²) < 4.78 is 0. The van der Waals surface area contributed by atoms with Crippen molar-refractivity contribution < 1.29 is 34.9 Å². The maximum absolute atomic E-state index is 10.7. The van der Waals surface area contributed by atoms with E-state index in [1.165, 1.54) is 0 Å². The maximum atomic E-state index is 10.7. The average Bonchev–Trinajstić information content (AvgIpc) is 2.57. The van der Waals surface area contributed by atoms with Crippen LogP contribution in [0.1, 0.15) is 11.1 Å². The Bertz CT molecular complexity index is 651. The number of carbonyl (C=O) groups is 4. The summed E-state index contributed by atoms with van der Waals surface area (Å²) in [5.41, 5.74) is 1.37. The third kappa shape index (κ3) is 10.7. The van der Waals surface area contributed by atoms with E-state index in [-0.39, 0.29) is 56.1 Å². The molecule has 7 nitrogen and oxygen atoms in total. The molecule has 0 atom stereocenters. The summed E-state index contributed by atoms with van der Waals surface area (Å²) in [4.78, 5) is 41.4. The molecule has 0 aliphatic rings. The molecule has 0 spiro atoms. The van der Waals surface area contributed by atoms with Gasteiger partial charge >= 0.3 is 37.7 Å². The van der Waals surface area contributed by atoms with Crippen LogP contribution in [0.4, 0.5) is 0 Å². The Morgan fingerprint density at radius 3 is 1.12 bits per heavy atom. The van der Waals surface area contributed by atoms with Crippen molar-refractivity contribution in [3.8, 4) is 0 Å². The number of ketones is 2. The fourth-order valence-electron chi connectivity index (χ4n) is 1.71. The zero-order valence-corrected chi connectivity index (χ0v) is 16.1. The first kappa shape index (κ1) is 26.2. The quantitative estimate of drug-likeness (QED) is 0.411. The first-order chi connectivity index (χ1) is 11.4. The molecule has 132 valence electrons. The van der Waals surface area contributed by atoms with Crippen molar-refractivity contribution in [1.29, 1.82) is 0 Å². The van der Waals surface area contributed by atoms with Crippen LogP contribution in [-0.4, -0.2) is 66.7 Å². The second-order valence-electron chi connectivity index (χ2n) is 4.75. The first-order valence-corrected chi connectivity index (χ1v) is 6.96. The fourth-order valence-corrected chi connectivity index (χ4v) is 1.71. The number of rotatable bonds is 6. The van der Waals surface area contributed by atoms with Crippen LogP contribution in [0.15, 0.2) is 60.7 Å². The van der Waals surface area contributed by atoms with Gasteiger partial charge in [0.05, 0.1) is 0 Å². The molecule has 8 heteroatoms. The number of hydrogen-bond acceptors (Lipinski definition) is 6. The minimum atomic E-state index is -1.63. The number of benzene rings is 2. The molecular weight excluding hydrogens is 368 g/mol. The molecule has 0 fully saturated rings. The maximum Gasteiger partial charge on any atom is 2.00 e. The number of Topliss-reactive ketones (excluding diaryl/α,β-unsaturated/α-hetero) is 2. The Balaban J connectivity index is 0. The smallest absolute Gasteiger partial charge is 0.542 e. The van der Waals surface area contributed by atoms with Gasteiger partial charge < -0.3 is 25.3 Å². The molecule has 0 aromatic heterocycles. The van der Waals surface area contributed by atoms with Gasteiger partial charge in [-0.1, -0.05) is 60.7 Å². The second-order valence-corrected chi connectivity index (χ2v) is 4.75. The molecule has 2 rings (SSSR count). The molecular formula is C18H16CaO7. The van der Waals surface area contributed by atoms with Crippen LogP contribution in [0.5, 0.6) is 0 Å². The normalized spacial score (nSPS) is 8.62. The minimum absolute atomic E-state index is 0. The summed E-state index contributed by atoms with van der Waals surface area (Å²) in [7, 11) is 0. The van der Waals surface area contributed by atoms with Crippen LogP contribution in [-0.2, 0) is 32.0 Å². The summed E-state index contributed by atoms with van der Waals surface area (Å²) >= 11 is 0. The largest absolute Gasteiger partial charge is 2.00 e. The van der Waals surface area contributed by atoms with Gasteiger partial charge in [0.15, 0.2) is 11.6 Å². The van der Waals surface area contributed by atoms with Crippen LogP contribution < -0.4 is 10.2 Å². The molecule has 0 radical (unpaired) electrons. The minimum Gasteiger partial charge on any atom is -0.542 e. The third-order valence-electron chi connectivity index (χ3n) is 2.87. The molecule has 26 heavy (non-hydrogen) atoms. The molecule has 2 aromatic rings.